The highest BCUT2D eigenvalue weighted by atomic mass is 32.1. The quantitative estimate of drug-likeness (QED) is 0.548. The summed E-state index contributed by atoms with van der Waals surface area (Å²) in [6.07, 6.45) is 3.39. The molecule has 6 nitrogen and oxygen atoms in total. The summed E-state index contributed by atoms with van der Waals surface area (Å²) in [5.41, 5.74) is 3.99. The number of H-pyrrole nitrogens is 1. The number of ether oxygens (including phenoxy) is 1. The van der Waals surface area contributed by atoms with Crippen molar-refractivity contribution in [3.8, 4) is 21.1 Å². The number of hydrogen-bond acceptors (Lipinski definition) is 6. The van der Waals surface area contributed by atoms with E-state index in [1.165, 1.54) is 11.3 Å². The number of carbonyl (C=O) groups excluding carboxylic acids is 1. The van der Waals surface area contributed by atoms with Crippen LogP contribution in [-0.2, 0) is 4.74 Å². The number of rotatable bonds is 4. The Labute approximate surface area is 153 Å². The summed E-state index contributed by atoms with van der Waals surface area (Å²) < 4.78 is 5.19. The van der Waals surface area contributed by atoms with Gasteiger partial charge in [0.05, 0.1) is 17.0 Å². The van der Waals surface area contributed by atoms with Gasteiger partial charge in [-0.15, -0.1) is 11.3 Å². The number of pyridine rings is 1. The Hall–Kier alpha value is -3.06. The topological polar surface area (TPSA) is 80.8 Å². The molecule has 0 unspecified atom stereocenters. The standard InChI is InChI=1S/C19H16N4O2S/c1-3-25-19(24)16-17(12-7-9-20-10-8-12)26-18(21-16)15-13-6-4-5-11(2)14(13)22-23-15/h4-10H,3H2,1-2H3,(H,22,23). The lowest BCUT2D eigenvalue weighted by Crippen LogP contribution is -2.06. The molecule has 0 fully saturated rings. The Morgan fingerprint density at radius 1 is 1.23 bits per heavy atom. The maximum Gasteiger partial charge on any atom is 0.358 e. The lowest BCUT2D eigenvalue weighted by Gasteiger charge is -2.01. The van der Waals surface area contributed by atoms with E-state index < -0.39 is 5.97 Å². The third-order valence-corrected chi connectivity index (χ3v) is 5.16. The molecule has 0 saturated carbocycles. The van der Waals surface area contributed by atoms with Gasteiger partial charge in [-0.1, -0.05) is 18.2 Å². The molecule has 0 aliphatic heterocycles. The summed E-state index contributed by atoms with van der Waals surface area (Å²) in [6.45, 7) is 4.09. The molecule has 26 heavy (non-hydrogen) atoms. The van der Waals surface area contributed by atoms with Gasteiger partial charge in [0.25, 0.3) is 0 Å². The van der Waals surface area contributed by atoms with E-state index in [1.54, 1.807) is 19.3 Å². The van der Waals surface area contributed by atoms with Gasteiger partial charge < -0.3 is 4.74 Å². The maximum absolute atomic E-state index is 12.4. The van der Waals surface area contributed by atoms with Gasteiger partial charge in [-0.3, -0.25) is 10.1 Å². The third kappa shape index (κ3) is 2.76. The number of fused-ring (bicyclic) bond motifs is 1. The molecule has 4 aromatic rings. The van der Waals surface area contributed by atoms with Crippen molar-refractivity contribution in [1.29, 1.82) is 0 Å². The molecule has 0 saturated heterocycles. The molecule has 0 amide bonds. The molecule has 0 bridgehead atoms. The van der Waals surface area contributed by atoms with Crippen LogP contribution >= 0.6 is 11.3 Å². The summed E-state index contributed by atoms with van der Waals surface area (Å²) in [5, 5.41) is 9.15. The number of para-hydroxylation sites is 1. The smallest absolute Gasteiger partial charge is 0.358 e. The number of nitrogens with zero attached hydrogens (tertiary/aromatic N) is 3. The minimum absolute atomic E-state index is 0.299. The first-order valence-corrected chi connectivity index (χ1v) is 9.03. The normalized spacial score (nSPS) is 11.0. The molecule has 1 N–H and O–H groups in total. The predicted molar refractivity (Wildman–Crippen MR) is 101 cm³/mol. The van der Waals surface area contributed by atoms with Crippen LogP contribution in [0.15, 0.2) is 42.7 Å². The van der Waals surface area contributed by atoms with Gasteiger partial charge in [-0.2, -0.15) is 5.10 Å². The SMILES string of the molecule is CCOC(=O)c1nc(-c2[nH]nc3c(C)cccc23)sc1-c1ccncc1. The fourth-order valence-electron chi connectivity index (χ4n) is 2.81. The average Bonchev–Trinajstić information content (AvgIpc) is 3.27. The van der Waals surface area contributed by atoms with E-state index in [0.717, 1.165) is 32.6 Å². The van der Waals surface area contributed by atoms with Crippen molar-refractivity contribution in [3.05, 3.63) is 54.0 Å². The number of thiazole rings is 1. The Morgan fingerprint density at radius 2 is 2.04 bits per heavy atom. The number of benzene rings is 1. The number of aryl methyl sites for hydroxylation is 1. The fourth-order valence-corrected chi connectivity index (χ4v) is 3.88. The van der Waals surface area contributed by atoms with Gasteiger partial charge >= 0.3 is 5.97 Å². The van der Waals surface area contributed by atoms with Crippen molar-refractivity contribution in [3.63, 3.8) is 0 Å². The molecule has 0 aliphatic carbocycles. The number of nitrogens with one attached hydrogen (secondary N) is 1. The monoisotopic (exact) mass is 364 g/mol. The first-order valence-electron chi connectivity index (χ1n) is 8.21. The van der Waals surface area contributed by atoms with Gasteiger partial charge in [-0.25, -0.2) is 9.78 Å². The van der Waals surface area contributed by atoms with E-state index >= 15 is 0 Å². The van der Waals surface area contributed by atoms with E-state index in [4.69, 9.17) is 4.74 Å². The van der Waals surface area contributed by atoms with Crippen molar-refractivity contribution < 1.29 is 9.53 Å². The molecule has 0 spiro atoms. The third-order valence-electron chi connectivity index (χ3n) is 4.04. The minimum atomic E-state index is -0.429. The number of esters is 1. The van der Waals surface area contributed by atoms with Gasteiger partial charge in [0, 0.05) is 17.8 Å². The second-order valence-electron chi connectivity index (χ2n) is 5.72. The highest BCUT2D eigenvalue weighted by molar-refractivity contribution is 7.18. The van der Waals surface area contributed by atoms with Gasteiger partial charge in [-0.05, 0) is 37.1 Å². The lowest BCUT2D eigenvalue weighted by atomic mass is 10.1. The van der Waals surface area contributed by atoms with Crippen LogP contribution in [0.4, 0.5) is 0 Å². The van der Waals surface area contributed by atoms with Crippen LogP contribution in [0.25, 0.3) is 32.0 Å². The lowest BCUT2D eigenvalue weighted by molar-refractivity contribution is 0.0521. The zero-order chi connectivity index (χ0) is 18.1. The number of hydrogen-bond donors (Lipinski definition) is 1. The van der Waals surface area contributed by atoms with Crippen LogP contribution in [0.5, 0.6) is 0 Å². The summed E-state index contributed by atoms with van der Waals surface area (Å²) >= 11 is 1.43. The fraction of sp³-hybridized carbons (Fsp3) is 0.158. The molecular weight excluding hydrogens is 348 g/mol. The van der Waals surface area contributed by atoms with Crippen LogP contribution in [0.2, 0.25) is 0 Å². The molecule has 0 radical (unpaired) electrons. The van der Waals surface area contributed by atoms with Crippen LogP contribution in [0.3, 0.4) is 0 Å². The van der Waals surface area contributed by atoms with Crippen LogP contribution in [-0.4, -0.2) is 32.7 Å². The van der Waals surface area contributed by atoms with Crippen LogP contribution in [0, 0.1) is 6.92 Å². The molecular formula is C19H16N4O2S. The summed E-state index contributed by atoms with van der Waals surface area (Å²) in [7, 11) is 0. The molecule has 7 heteroatoms. The van der Waals surface area contributed by atoms with Crippen molar-refractivity contribution in [1.82, 2.24) is 20.2 Å². The summed E-state index contributed by atoms with van der Waals surface area (Å²) in [5.74, 6) is -0.429. The zero-order valence-electron chi connectivity index (χ0n) is 14.3. The molecule has 1 aromatic carbocycles. The highest BCUT2D eigenvalue weighted by Crippen LogP contribution is 2.37. The van der Waals surface area contributed by atoms with Gasteiger partial charge in [0.1, 0.15) is 10.7 Å². The molecule has 130 valence electrons. The van der Waals surface area contributed by atoms with Crippen LogP contribution in [0.1, 0.15) is 23.0 Å². The minimum Gasteiger partial charge on any atom is -0.461 e. The van der Waals surface area contributed by atoms with E-state index in [1.807, 2.05) is 37.3 Å². The second kappa shape index (κ2) is 6.68. The van der Waals surface area contributed by atoms with E-state index in [9.17, 15) is 4.79 Å². The largest absolute Gasteiger partial charge is 0.461 e. The number of carbonyl (C=O) groups is 1. The molecule has 3 aromatic heterocycles. The molecule has 3 heterocycles. The second-order valence-corrected chi connectivity index (χ2v) is 6.72. The maximum atomic E-state index is 12.4. The van der Waals surface area contributed by atoms with Crippen molar-refractivity contribution in [2.24, 2.45) is 0 Å². The van der Waals surface area contributed by atoms with Gasteiger partial charge in [0.2, 0.25) is 0 Å². The van der Waals surface area contributed by atoms with E-state index in [0.29, 0.717) is 17.3 Å². The molecule has 0 atom stereocenters. The number of aromatic amines is 1. The summed E-state index contributed by atoms with van der Waals surface area (Å²) in [6, 6.07) is 9.71. The van der Waals surface area contributed by atoms with Crippen molar-refractivity contribution in [2.45, 2.75) is 13.8 Å². The predicted octanol–water partition coefficient (Wildman–Crippen LogP) is 4.23. The van der Waals surface area contributed by atoms with Crippen molar-refractivity contribution in [2.75, 3.05) is 6.61 Å². The average molecular weight is 364 g/mol. The first-order chi connectivity index (χ1) is 12.7. The summed E-state index contributed by atoms with van der Waals surface area (Å²) in [4.78, 5) is 21.8. The van der Waals surface area contributed by atoms with Crippen LogP contribution < -0.4 is 0 Å². The van der Waals surface area contributed by atoms with E-state index in [2.05, 4.69) is 20.2 Å². The van der Waals surface area contributed by atoms with Crippen molar-refractivity contribution >= 4 is 28.2 Å². The molecule has 4 rings (SSSR count). The Kier molecular flexibility index (Phi) is 4.22. The molecule has 0 aliphatic rings. The first kappa shape index (κ1) is 16.4. The van der Waals surface area contributed by atoms with Gasteiger partial charge in [0.15, 0.2) is 5.69 Å². The zero-order valence-corrected chi connectivity index (χ0v) is 15.1. The Morgan fingerprint density at radius 3 is 2.81 bits per heavy atom. The Balaban J connectivity index is 1.90. The Bertz CT molecular complexity index is 1090. The highest BCUT2D eigenvalue weighted by Gasteiger charge is 2.23. The number of aromatic nitrogens is 4. The van der Waals surface area contributed by atoms with E-state index in [-0.39, 0.29) is 0 Å².